The van der Waals surface area contributed by atoms with Crippen molar-refractivity contribution in [3.8, 4) is 0 Å². The number of rotatable bonds is 9. The van der Waals surface area contributed by atoms with Crippen molar-refractivity contribution < 1.29 is 0 Å². The first-order valence-corrected chi connectivity index (χ1v) is 8.72. The lowest BCUT2D eigenvalue weighted by Gasteiger charge is -2.21. The van der Waals surface area contributed by atoms with Gasteiger partial charge in [-0.2, -0.15) is 0 Å². The maximum atomic E-state index is 3.88. The zero-order valence-corrected chi connectivity index (χ0v) is 14.8. The summed E-state index contributed by atoms with van der Waals surface area (Å²) in [5.41, 5.74) is 2.71. The minimum Gasteiger partial charge on any atom is -0.312 e. The summed E-state index contributed by atoms with van der Waals surface area (Å²) in [4.78, 5) is 2.52. The minimum absolute atomic E-state index is 0.693. The summed E-state index contributed by atoms with van der Waals surface area (Å²) in [5.74, 6) is 0.693. The quantitative estimate of drug-likeness (QED) is 0.666. The Balaban J connectivity index is 1.93. The lowest BCUT2D eigenvalue weighted by atomic mass is 10.1. The van der Waals surface area contributed by atoms with E-state index in [0.29, 0.717) is 5.92 Å². The second-order valence-electron chi connectivity index (χ2n) is 6.40. The normalized spacial score (nSPS) is 14.9. The Morgan fingerprint density at radius 2 is 2.19 bits per heavy atom. The van der Waals surface area contributed by atoms with Crippen molar-refractivity contribution in [2.24, 2.45) is 5.92 Å². The number of nitrogens with one attached hydrogen (secondary N) is 1. The van der Waals surface area contributed by atoms with E-state index in [1.807, 2.05) is 6.08 Å². The molecular formula is C18H27BrN2. The zero-order chi connectivity index (χ0) is 15.2. The van der Waals surface area contributed by atoms with Gasteiger partial charge in [0.1, 0.15) is 0 Å². The molecule has 0 spiro atoms. The third-order valence-corrected chi connectivity index (χ3v) is 4.54. The molecule has 3 heteroatoms. The lowest BCUT2D eigenvalue weighted by Crippen LogP contribution is -2.25. The van der Waals surface area contributed by atoms with Crippen LogP contribution in [0.5, 0.6) is 0 Å². The monoisotopic (exact) mass is 350 g/mol. The first kappa shape index (κ1) is 16.7. The van der Waals surface area contributed by atoms with Gasteiger partial charge in [0.05, 0.1) is 0 Å². The third kappa shape index (κ3) is 5.57. The maximum Gasteiger partial charge on any atom is 0.0251 e. The van der Waals surface area contributed by atoms with Crippen LogP contribution in [0.3, 0.4) is 0 Å². The van der Waals surface area contributed by atoms with Crippen LogP contribution in [0.25, 0.3) is 0 Å². The number of benzene rings is 1. The van der Waals surface area contributed by atoms with E-state index in [-0.39, 0.29) is 0 Å². The predicted molar refractivity (Wildman–Crippen MR) is 94.3 cm³/mol. The molecule has 21 heavy (non-hydrogen) atoms. The van der Waals surface area contributed by atoms with Crippen LogP contribution in [-0.2, 0) is 13.1 Å². The second kappa shape index (κ2) is 8.11. The van der Waals surface area contributed by atoms with Crippen LogP contribution in [-0.4, -0.2) is 24.0 Å². The largest absolute Gasteiger partial charge is 0.312 e. The number of halogens is 1. The van der Waals surface area contributed by atoms with Crippen LogP contribution in [0, 0.1) is 5.92 Å². The van der Waals surface area contributed by atoms with E-state index in [9.17, 15) is 0 Å². The Hall–Kier alpha value is -0.640. The Morgan fingerprint density at radius 1 is 1.43 bits per heavy atom. The van der Waals surface area contributed by atoms with Gasteiger partial charge in [0.15, 0.2) is 0 Å². The highest BCUT2D eigenvalue weighted by Gasteiger charge is 2.28. The molecule has 0 heterocycles. The van der Waals surface area contributed by atoms with E-state index in [1.54, 1.807) is 0 Å². The van der Waals surface area contributed by atoms with Crippen LogP contribution in [0.15, 0.2) is 35.3 Å². The van der Waals surface area contributed by atoms with Crippen molar-refractivity contribution in [2.75, 3.05) is 13.1 Å². The summed E-state index contributed by atoms with van der Waals surface area (Å²) >= 11 is 3.74. The van der Waals surface area contributed by atoms with Gasteiger partial charge in [-0.1, -0.05) is 48.0 Å². The van der Waals surface area contributed by atoms with Gasteiger partial charge < -0.3 is 5.32 Å². The van der Waals surface area contributed by atoms with E-state index >= 15 is 0 Å². The Labute approximate surface area is 137 Å². The van der Waals surface area contributed by atoms with Crippen molar-refractivity contribution in [3.05, 3.63) is 46.5 Å². The zero-order valence-electron chi connectivity index (χ0n) is 13.2. The fourth-order valence-corrected chi connectivity index (χ4v) is 3.05. The molecule has 0 saturated heterocycles. The first-order valence-electron chi connectivity index (χ1n) is 7.93. The van der Waals surface area contributed by atoms with Gasteiger partial charge in [0.2, 0.25) is 0 Å². The molecule has 0 atom stereocenters. The molecule has 1 N–H and O–H groups in total. The van der Waals surface area contributed by atoms with E-state index < -0.39 is 0 Å². The molecule has 1 aromatic rings. The summed E-state index contributed by atoms with van der Waals surface area (Å²) in [7, 11) is 0. The Bertz CT molecular complexity index is 466. The van der Waals surface area contributed by atoms with Gasteiger partial charge in [-0.05, 0) is 42.5 Å². The SMILES string of the molecule is C=CCN(Cc1ccc(CNCC(C)C)cc1Br)C1CC1. The van der Waals surface area contributed by atoms with Crippen molar-refractivity contribution >= 4 is 15.9 Å². The average molecular weight is 351 g/mol. The van der Waals surface area contributed by atoms with Crippen LogP contribution in [0.2, 0.25) is 0 Å². The predicted octanol–water partition coefficient (Wildman–Crippen LogP) is 4.35. The van der Waals surface area contributed by atoms with Crippen molar-refractivity contribution in [2.45, 2.75) is 45.8 Å². The maximum absolute atomic E-state index is 3.88. The van der Waals surface area contributed by atoms with Gasteiger partial charge in [-0.15, -0.1) is 6.58 Å². The van der Waals surface area contributed by atoms with Gasteiger partial charge in [0, 0.05) is 30.1 Å². The third-order valence-electron chi connectivity index (χ3n) is 3.80. The number of hydrogen-bond donors (Lipinski definition) is 1. The highest BCUT2D eigenvalue weighted by Crippen LogP contribution is 2.30. The lowest BCUT2D eigenvalue weighted by molar-refractivity contribution is 0.283. The standard InChI is InChI=1S/C18H27BrN2/c1-4-9-21(17-7-8-17)13-16-6-5-15(10-18(16)19)12-20-11-14(2)3/h4-6,10,14,17,20H,1,7-9,11-13H2,2-3H3. The van der Waals surface area contributed by atoms with Crippen LogP contribution >= 0.6 is 15.9 Å². The molecule has 0 amide bonds. The topological polar surface area (TPSA) is 15.3 Å². The minimum atomic E-state index is 0.693. The smallest absolute Gasteiger partial charge is 0.0251 e. The van der Waals surface area contributed by atoms with Crippen LogP contribution in [0.1, 0.15) is 37.8 Å². The molecular weight excluding hydrogens is 324 g/mol. The number of nitrogens with zero attached hydrogens (tertiary/aromatic N) is 1. The molecule has 1 aliphatic rings. The molecule has 116 valence electrons. The van der Waals surface area contributed by atoms with Gasteiger partial charge in [0.25, 0.3) is 0 Å². The van der Waals surface area contributed by atoms with Crippen molar-refractivity contribution in [1.82, 2.24) is 10.2 Å². The molecule has 0 radical (unpaired) electrons. The molecule has 0 unspecified atom stereocenters. The summed E-state index contributed by atoms with van der Waals surface area (Å²) in [6.45, 7) is 12.3. The summed E-state index contributed by atoms with van der Waals surface area (Å²) in [5, 5.41) is 3.49. The molecule has 0 aliphatic heterocycles. The Morgan fingerprint density at radius 3 is 2.76 bits per heavy atom. The summed E-state index contributed by atoms with van der Waals surface area (Å²) < 4.78 is 1.22. The second-order valence-corrected chi connectivity index (χ2v) is 7.25. The van der Waals surface area contributed by atoms with E-state index in [2.05, 4.69) is 64.8 Å². The molecule has 2 rings (SSSR count). The Kier molecular flexibility index (Phi) is 6.46. The van der Waals surface area contributed by atoms with Gasteiger partial charge >= 0.3 is 0 Å². The van der Waals surface area contributed by atoms with E-state index in [1.165, 1.54) is 28.4 Å². The highest BCUT2D eigenvalue weighted by atomic mass is 79.9. The first-order chi connectivity index (χ1) is 10.1. The summed E-state index contributed by atoms with van der Waals surface area (Å²) in [6.07, 6.45) is 4.68. The summed E-state index contributed by atoms with van der Waals surface area (Å²) in [6, 6.07) is 7.52. The molecule has 1 saturated carbocycles. The molecule has 1 fully saturated rings. The van der Waals surface area contributed by atoms with Gasteiger partial charge in [-0.3, -0.25) is 4.90 Å². The van der Waals surface area contributed by atoms with E-state index in [4.69, 9.17) is 0 Å². The number of hydrogen-bond acceptors (Lipinski definition) is 2. The van der Waals surface area contributed by atoms with Crippen molar-refractivity contribution in [1.29, 1.82) is 0 Å². The fourth-order valence-electron chi connectivity index (χ4n) is 2.50. The van der Waals surface area contributed by atoms with Gasteiger partial charge in [-0.25, -0.2) is 0 Å². The van der Waals surface area contributed by atoms with E-state index in [0.717, 1.165) is 32.2 Å². The highest BCUT2D eigenvalue weighted by molar-refractivity contribution is 9.10. The average Bonchev–Trinajstić information content (AvgIpc) is 3.25. The molecule has 0 bridgehead atoms. The molecule has 0 aromatic heterocycles. The fraction of sp³-hybridized carbons (Fsp3) is 0.556. The van der Waals surface area contributed by atoms with Crippen LogP contribution in [0.4, 0.5) is 0 Å². The molecule has 1 aliphatic carbocycles. The molecule has 2 nitrogen and oxygen atoms in total. The van der Waals surface area contributed by atoms with Crippen LogP contribution < -0.4 is 5.32 Å². The van der Waals surface area contributed by atoms with Crippen molar-refractivity contribution in [3.63, 3.8) is 0 Å². The molecule has 1 aromatic carbocycles.